The smallest absolute Gasteiger partial charge is 0.307 e. The third kappa shape index (κ3) is 1.28. The van der Waals surface area contributed by atoms with Crippen LogP contribution in [0.2, 0.25) is 0 Å². The number of hydrogen-bond donors (Lipinski definition) is 1. The molecule has 17 heavy (non-hydrogen) atoms. The maximum atomic E-state index is 11.2. The summed E-state index contributed by atoms with van der Waals surface area (Å²) in [4.78, 5) is 19.4. The van der Waals surface area contributed by atoms with E-state index in [9.17, 15) is 9.90 Å². The van der Waals surface area contributed by atoms with Crippen LogP contribution in [0.25, 0.3) is 5.65 Å². The Morgan fingerprint density at radius 2 is 2.24 bits per heavy atom. The molecule has 0 bridgehead atoms. The van der Waals surface area contributed by atoms with Gasteiger partial charge in [-0.15, -0.1) is 0 Å². The van der Waals surface area contributed by atoms with E-state index in [-0.39, 0.29) is 17.3 Å². The van der Waals surface area contributed by atoms with E-state index in [1.807, 2.05) is 24.4 Å². The summed E-state index contributed by atoms with van der Waals surface area (Å²) >= 11 is 0. The Kier molecular flexibility index (Phi) is 1.85. The van der Waals surface area contributed by atoms with E-state index in [1.54, 1.807) is 18.6 Å². The molecule has 1 N–H and O–H groups in total. The molecular formula is C12H13N3O2. The number of nitrogens with zero attached hydrogens (tertiary/aromatic N) is 3. The van der Waals surface area contributed by atoms with Crippen LogP contribution in [0.3, 0.4) is 0 Å². The van der Waals surface area contributed by atoms with Crippen molar-refractivity contribution >= 4 is 11.6 Å². The molecule has 2 aromatic rings. The van der Waals surface area contributed by atoms with Gasteiger partial charge in [0.25, 0.3) is 0 Å². The summed E-state index contributed by atoms with van der Waals surface area (Å²) < 4.78 is 1.92. The van der Waals surface area contributed by atoms with Gasteiger partial charge in [-0.05, 0) is 5.41 Å². The van der Waals surface area contributed by atoms with Crippen LogP contribution in [0.5, 0.6) is 0 Å². The molecule has 3 rings (SSSR count). The molecule has 0 aromatic carbocycles. The van der Waals surface area contributed by atoms with Crippen LogP contribution < -0.4 is 0 Å². The molecule has 0 saturated heterocycles. The zero-order chi connectivity index (χ0) is 12.2. The lowest BCUT2D eigenvalue weighted by Gasteiger charge is -2.02. The fourth-order valence-corrected chi connectivity index (χ4v) is 2.74. The number of rotatable bonds is 2. The molecule has 0 aliphatic heterocycles. The maximum absolute atomic E-state index is 11.2. The van der Waals surface area contributed by atoms with Gasteiger partial charge in [-0.2, -0.15) is 0 Å². The zero-order valence-electron chi connectivity index (χ0n) is 9.66. The van der Waals surface area contributed by atoms with Gasteiger partial charge in [0.05, 0.1) is 12.1 Å². The quantitative estimate of drug-likeness (QED) is 0.851. The largest absolute Gasteiger partial charge is 0.481 e. The van der Waals surface area contributed by atoms with Crippen LogP contribution in [0, 0.1) is 11.3 Å². The molecule has 88 valence electrons. The molecule has 5 nitrogen and oxygen atoms in total. The molecule has 2 atom stereocenters. The molecule has 0 radical (unpaired) electrons. The van der Waals surface area contributed by atoms with E-state index in [2.05, 4.69) is 9.97 Å². The summed E-state index contributed by atoms with van der Waals surface area (Å²) in [6.07, 6.45) is 6.94. The highest BCUT2D eigenvalue weighted by molar-refractivity contribution is 5.77. The van der Waals surface area contributed by atoms with Gasteiger partial charge in [-0.3, -0.25) is 9.78 Å². The Hall–Kier alpha value is -1.91. The third-order valence-corrected chi connectivity index (χ3v) is 3.76. The summed E-state index contributed by atoms with van der Waals surface area (Å²) in [5.41, 5.74) is 1.51. The molecule has 1 fully saturated rings. The molecule has 1 aliphatic carbocycles. The fourth-order valence-electron chi connectivity index (χ4n) is 2.74. The van der Waals surface area contributed by atoms with Crippen molar-refractivity contribution in [1.82, 2.24) is 14.4 Å². The predicted molar refractivity (Wildman–Crippen MR) is 60.6 cm³/mol. The normalized spacial score (nSPS) is 26.0. The first-order valence-electron chi connectivity index (χ1n) is 5.53. The molecule has 1 aliphatic rings. The topological polar surface area (TPSA) is 67.5 Å². The number of imidazole rings is 1. The molecule has 2 heterocycles. The van der Waals surface area contributed by atoms with E-state index in [0.717, 1.165) is 11.3 Å². The van der Waals surface area contributed by atoms with Crippen LogP contribution in [0.15, 0.2) is 24.8 Å². The minimum Gasteiger partial charge on any atom is -0.481 e. The Balaban J connectivity index is 2.09. The van der Waals surface area contributed by atoms with Crippen LogP contribution in [0.4, 0.5) is 0 Å². The van der Waals surface area contributed by atoms with Crippen molar-refractivity contribution in [2.75, 3.05) is 0 Å². The Bertz CT molecular complexity index is 603. The van der Waals surface area contributed by atoms with Crippen LogP contribution >= 0.6 is 0 Å². The van der Waals surface area contributed by atoms with Gasteiger partial charge in [-0.1, -0.05) is 13.8 Å². The second kappa shape index (κ2) is 3.06. The van der Waals surface area contributed by atoms with Crippen LogP contribution in [-0.4, -0.2) is 25.4 Å². The van der Waals surface area contributed by atoms with Gasteiger partial charge >= 0.3 is 5.97 Å². The first-order valence-corrected chi connectivity index (χ1v) is 5.53. The van der Waals surface area contributed by atoms with Crippen molar-refractivity contribution in [2.45, 2.75) is 19.8 Å². The maximum Gasteiger partial charge on any atom is 0.307 e. The number of aliphatic carboxylic acids is 1. The van der Waals surface area contributed by atoms with Crippen molar-refractivity contribution < 1.29 is 9.90 Å². The van der Waals surface area contributed by atoms with Gasteiger partial charge in [0, 0.05) is 30.2 Å². The highest BCUT2D eigenvalue weighted by atomic mass is 16.4. The third-order valence-electron chi connectivity index (χ3n) is 3.76. The zero-order valence-corrected chi connectivity index (χ0v) is 9.66. The average molecular weight is 231 g/mol. The Morgan fingerprint density at radius 3 is 2.88 bits per heavy atom. The summed E-state index contributed by atoms with van der Waals surface area (Å²) in [5.74, 6) is -1.03. The van der Waals surface area contributed by atoms with E-state index in [0.29, 0.717) is 0 Å². The van der Waals surface area contributed by atoms with Crippen molar-refractivity contribution in [1.29, 1.82) is 0 Å². The minimum atomic E-state index is -0.732. The second-order valence-corrected chi connectivity index (χ2v) is 5.10. The standard InChI is InChI=1S/C12H13N3O2/c1-12(2)9(10(12)11(16)17)7-5-14-8-6-13-3-4-15(7)8/h3-6,9-10H,1-2H3,(H,16,17)/t9-,10+/m1/s1. The second-order valence-electron chi connectivity index (χ2n) is 5.10. The fraction of sp³-hybridized carbons (Fsp3) is 0.417. The summed E-state index contributed by atoms with van der Waals surface area (Å²) in [6.45, 7) is 3.97. The summed E-state index contributed by atoms with van der Waals surface area (Å²) in [6, 6.07) is 0. The summed E-state index contributed by atoms with van der Waals surface area (Å²) in [7, 11) is 0. The van der Waals surface area contributed by atoms with Crippen molar-refractivity contribution in [3.63, 3.8) is 0 Å². The van der Waals surface area contributed by atoms with Gasteiger partial charge < -0.3 is 9.51 Å². The van der Waals surface area contributed by atoms with E-state index in [4.69, 9.17) is 0 Å². The SMILES string of the molecule is CC1(C)[C@H](C(=O)O)[C@H]1c1cnc2cnccn12. The lowest BCUT2D eigenvalue weighted by molar-refractivity contribution is -0.139. The lowest BCUT2D eigenvalue weighted by atomic mass is 10.1. The molecular weight excluding hydrogens is 218 g/mol. The Morgan fingerprint density at radius 1 is 1.47 bits per heavy atom. The number of carboxylic acid groups (broad SMARTS) is 1. The lowest BCUT2D eigenvalue weighted by Crippen LogP contribution is -2.03. The highest BCUT2D eigenvalue weighted by Gasteiger charge is 2.63. The molecule has 0 unspecified atom stereocenters. The molecule has 1 saturated carbocycles. The predicted octanol–water partition coefficient (Wildman–Crippen LogP) is 1.55. The number of aromatic nitrogens is 3. The first-order chi connectivity index (χ1) is 8.03. The van der Waals surface area contributed by atoms with Gasteiger partial charge in [0.2, 0.25) is 0 Å². The number of fused-ring (bicyclic) bond motifs is 1. The number of carboxylic acids is 1. The van der Waals surface area contributed by atoms with E-state index < -0.39 is 5.97 Å². The average Bonchev–Trinajstić information content (AvgIpc) is 2.68. The minimum absolute atomic E-state index is 0.0254. The van der Waals surface area contributed by atoms with Gasteiger partial charge in [-0.25, -0.2) is 4.98 Å². The number of carbonyl (C=O) groups is 1. The van der Waals surface area contributed by atoms with Crippen LogP contribution in [-0.2, 0) is 4.79 Å². The first kappa shape index (κ1) is 10.3. The van der Waals surface area contributed by atoms with Gasteiger partial charge in [0.15, 0.2) is 5.65 Å². The van der Waals surface area contributed by atoms with Crippen LogP contribution in [0.1, 0.15) is 25.5 Å². The van der Waals surface area contributed by atoms with Crippen molar-refractivity contribution in [3.05, 3.63) is 30.5 Å². The molecule has 5 heteroatoms. The monoisotopic (exact) mass is 231 g/mol. The summed E-state index contributed by atoms with van der Waals surface area (Å²) in [5, 5.41) is 9.19. The highest BCUT2D eigenvalue weighted by Crippen LogP contribution is 2.64. The van der Waals surface area contributed by atoms with E-state index >= 15 is 0 Å². The van der Waals surface area contributed by atoms with E-state index in [1.165, 1.54) is 0 Å². The van der Waals surface area contributed by atoms with Crippen molar-refractivity contribution in [2.24, 2.45) is 11.3 Å². The Labute approximate surface area is 98.1 Å². The molecule has 2 aromatic heterocycles. The van der Waals surface area contributed by atoms with Gasteiger partial charge in [0.1, 0.15) is 0 Å². The van der Waals surface area contributed by atoms with Crippen molar-refractivity contribution in [3.8, 4) is 0 Å². The molecule has 0 spiro atoms. The number of hydrogen-bond acceptors (Lipinski definition) is 3. The molecule has 0 amide bonds.